The second-order valence-corrected chi connectivity index (χ2v) is 13.1. The van der Waals surface area contributed by atoms with E-state index in [0.717, 1.165) is 25.0 Å². The Morgan fingerprint density at radius 2 is 1.73 bits per heavy atom. The lowest BCUT2D eigenvalue weighted by molar-refractivity contribution is -0.165. The van der Waals surface area contributed by atoms with Crippen LogP contribution in [0.15, 0.2) is 24.3 Å². The van der Waals surface area contributed by atoms with Gasteiger partial charge in [-0.2, -0.15) is 24.9 Å². The largest absolute Gasteiger partial charge is 0.426 e. The van der Waals surface area contributed by atoms with Gasteiger partial charge >= 0.3 is 12.2 Å². The van der Waals surface area contributed by atoms with Crippen LogP contribution in [0.2, 0.25) is 0 Å². The second-order valence-electron chi connectivity index (χ2n) is 11.8. The van der Waals surface area contributed by atoms with Crippen LogP contribution in [-0.4, -0.2) is 103 Å². The third kappa shape index (κ3) is 8.60. The molecule has 4 rings (SSSR count). The van der Waals surface area contributed by atoms with E-state index >= 15 is 0 Å². The first-order valence-electron chi connectivity index (χ1n) is 15.3. The molecule has 0 saturated carbocycles. The number of fused-ring (bicyclic) bond motifs is 1. The van der Waals surface area contributed by atoms with Gasteiger partial charge in [-0.15, -0.1) is 0 Å². The molecule has 250 valence electrons. The van der Waals surface area contributed by atoms with Crippen molar-refractivity contribution in [3.05, 3.63) is 35.4 Å². The first kappa shape index (κ1) is 34.8. The summed E-state index contributed by atoms with van der Waals surface area (Å²) in [4.78, 5) is 53.6. The topological polar surface area (TPSA) is 181 Å². The minimum Gasteiger partial charge on any atom is -0.344 e. The van der Waals surface area contributed by atoms with E-state index in [1.54, 1.807) is 19.0 Å². The van der Waals surface area contributed by atoms with E-state index in [2.05, 4.69) is 26.8 Å². The molecule has 3 aliphatic heterocycles. The Morgan fingerprint density at radius 1 is 1.04 bits per heavy atom. The normalized spacial score (nSPS) is 22.2. The third-order valence-corrected chi connectivity index (χ3v) is 10.1. The van der Waals surface area contributed by atoms with Crippen molar-refractivity contribution in [3.63, 3.8) is 0 Å². The number of nitrogens with one attached hydrogen (secondary N) is 5. The highest BCUT2D eigenvalue weighted by Crippen LogP contribution is 2.42. The van der Waals surface area contributed by atoms with Crippen molar-refractivity contribution in [2.45, 2.75) is 80.2 Å². The maximum Gasteiger partial charge on any atom is 0.426 e. The lowest BCUT2D eigenvalue weighted by Crippen LogP contribution is -2.49. The van der Waals surface area contributed by atoms with Crippen LogP contribution in [-0.2, 0) is 15.3 Å². The fourth-order valence-electron chi connectivity index (χ4n) is 5.63. The Hall–Kier alpha value is -3.08. The van der Waals surface area contributed by atoms with Gasteiger partial charge in [0.1, 0.15) is 6.04 Å². The van der Waals surface area contributed by atoms with Crippen molar-refractivity contribution in [3.8, 4) is 0 Å². The average Bonchev–Trinajstić information content (AvgIpc) is 3.65. The van der Waals surface area contributed by atoms with Gasteiger partial charge in [-0.1, -0.05) is 18.6 Å². The van der Waals surface area contributed by atoms with Crippen LogP contribution >= 0.6 is 11.8 Å². The maximum absolute atomic E-state index is 13.4. The predicted octanol–water partition coefficient (Wildman–Crippen LogP) is 1.38. The van der Waals surface area contributed by atoms with Crippen LogP contribution in [0.5, 0.6) is 0 Å². The zero-order valence-electron chi connectivity index (χ0n) is 25.5. The molecule has 12 nitrogen and oxygen atoms in total. The molecule has 0 aliphatic carbocycles. The number of carbonyl (C=O) groups is 4. The van der Waals surface area contributed by atoms with E-state index < -0.39 is 23.8 Å². The van der Waals surface area contributed by atoms with Crippen molar-refractivity contribution in [2.75, 3.05) is 39.5 Å². The van der Waals surface area contributed by atoms with Gasteiger partial charge in [0.05, 0.1) is 12.1 Å². The highest BCUT2D eigenvalue weighted by molar-refractivity contribution is 8.00. The molecule has 3 aliphatic rings. The summed E-state index contributed by atoms with van der Waals surface area (Å²) in [6.45, 7) is 0.998. The molecule has 1 aromatic rings. The molecule has 45 heavy (non-hydrogen) atoms. The summed E-state index contributed by atoms with van der Waals surface area (Å²) >= 11 is 1.85. The molecule has 3 heterocycles. The van der Waals surface area contributed by atoms with Crippen molar-refractivity contribution in [2.24, 2.45) is 5.73 Å². The summed E-state index contributed by atoms with van der Waals surface area (Å²) in [6.07, 6.45) is -0.0667. The molecule has 1 aromatic carbocycles. The minimum absolute atomic E-state index is 0.0243. The summed E-state index contributed by atoms with van der Waals surface area (Å²) in [7, 11) is 3.30. The number of thioether (sulfide) groups is 1. The summed E-state index contributed by atoms with van der Waals surface area (Å²) < 4.78 is 40.1. The lowest BCUT2D eigenvalue weighted by Gasteiger charge is -2.27. The van der Waals surface area contributed by atoms with Crippen molar-refractivity contribution < 1.29 is 32.3 Å². The minimum atomic E-state index is -4.56. The number of hydrogen-bond acceptors (Lipinski definition) is 8. The molecule has 0 unspecified atom stereocenters. The Morgan fingerprint density at radius 3 is 2.38 bits per heavy atom. The summed E-state index contributed by atoms with van der Waals surface area (Å²) in [5, 5.41) is 8.98. The van der Waals surface area contributed by atoms with Gasteiger partial charge in [-0.3, -0.25) is 14.4 Å². The van der Waals surface area contributed by atoms with Gasteiger partial charge in [0.2, 0.25) is 17.5 Å². The Labute approximate surface area is 265 Å². The molecular formula is C29H43F3N8O4S. The van der Waals surface area contributed by atoms with Crippen LogP contribution in [0.4, 0.5) is 18.0 Å². The number of carbonyl (C=O) groups excluding carboxylic acids is 4. The number of rotatable bonds is 16. The molecule has 5 amide bonds. The number of nitrogens with zero attached hydrogens (tertiary/aromatic N) is 2. The van der Waals surface area contributed by atoms with E-state index in [4.69, 9.17) is 5.73 Å². The fourth-order valence-corrected chi connectivity index (χ4v) is 7.18. The number of likely N-dealkylation sites (N-methyl/N-ethyl adjacent to an activating group) is 2. The van der Waals surface area contributed by atoms with Crippen LogP contribution in [0, 0.1) is 0 Å². The molecule has 0 radical (unpaired) electrons. The number of nitrogens with two attached hydrogens (primary N) is 1. The average molecular weight is 657 g/mol. The molecule has 16 heteroatoms. The molecular weight excluding hydrogens is 613 g/mol. The molecule has 0 aromatic heterocycles. The van der Waals surface area contributed by atoms with Crippen LogP contribution in [0.1, 0.15) is 60.9 Å². The van der Waals surface area contributed by atoms with Crippen LogP contribution in [0.25, 0.3) is 0 Å². The number of hydrazine groups is 1. The number of amides is 5. The first-order valence-corrected chi connectivity index (χ1v) is 16.3. The highest BCUT2D eigenvalue weighted by Gasteiger charge is 2.65. The monoisotopic (exact) mass is 656 g/mol. The van der Waals surface area contributed by atoms with Crippen molar-refractivity contribution >= 4 is 35.5 Å². The maximum atomic E-state index is 13.4. The Balaban J connectivity index is 1.22. The number of unbranched alkanes of at least 4 members (excludes halogenated alkanes) is 2. The van der Waals surface area contributed by atoms with E-state index in [1.165, 1.54) is 29.2 Å². The number of alkyl halides is 3. The van der Waals surface area contributed by atoms with Gasteiger partial charge in [0, 0.05) is 50.2 Å². The fraction of sp³-hybridized carbons (Fsp3) is 0.655. The quantitative estimate of drug-likeness (QED) is 0.0877. The summed E-state index contributed by atoms with van der Waals surface area (Å²) in [6, 6.07) is 4.36. The van der Waals surface area contributed by atoms with Gasteiger partial charge in [-0.25, -0.2) is 15.6 Å². The van der Waals surface area contributed by atoms with E-state index in [1.807, 2.05) is 11.8 Å². The molecule has 3 fully saturated rings. The van der Waals surface area contributed by atoms with Crippen molar-refractivity contribution in [1.82, 2.24) is 36.6 Å². The van der Waals surface area contributed by atoms with E-state index in [-0.39, 0.29) is 47.6 Å². The van der Waals surface area contributed by atoms with E-state index in [0.29, 0.717) is 44.0 Å². The smallest absolute Gasteiger partial charge is 0.344 e. The zero-order valence-corrected chi connectivity index (χ0v) is 26.4. The molecule has 3 saturated heterocycles. The SMILES string of the molecule is CN(CCN(C)C(=O)[C@H](CCCCN)NC(=O)c1ccc(C2(C(F)(F)F)NN2)cc1)C(=O)CCCC[C@H]1SC[C@H]2NC(=O)N[C@H]21. The van der Waals surface area contributed by atoms with Crippen LogP contribution < -0.4 is 32.5 Å². The number of urea groups is 1. The summed E-state index contributed by atoms with van der Waals surface area (Å²) in [5.74, 6) is -0.0388. The van der Waals surface area contributed by atoms with Gasteiger partial charge in [-0.05, 0) is 56.3 Å². The molecule has 7 N–H and O–H groups in total. The van der Waals surface area contributed by atoms with Gasteiger partial charge in [0.15, 0.2) is 0 Å². The van der Waals surface area contributed by atoms with E-state index in [9.17, 15) is 32.3 Å². The number of benzene rings is 1. The second kappa shape index (κ2) is 15.0. The molecule has 4 atom stereocenters. The Kier molecular flexibility index (Phi) is 11.6. The first-order chi connectivity index (χ1) is 21.4. The molecule has 0 bridgehead atoms. The number of hydrogen-bond donors (Lipinski definition) is 6. The Bertz CT molecular complexity index is 1220. The predicted molar refractivity (Wildman–Crippen MR) is 164 cm³/mol. The zero-order chi connectivity index (χ0) is 32.8. The summed E-state index contributed by atoms with van der Waals surface area (Å²) in [5.41, 5.74) is 7.57. The standard InChI is InChI=1S/C29H43F3N8O4S/c1-39(23(41)9-4-3-8-22-24-21(17-45-22)35-27(44)36-24)15-16-40(2)26(43)20(7-5-6-14-33)34-25(42)18-10-12-19(13-11-18)28(37-38-28)29(30,31)32/h10-13,20-22,24,37-38H,3-9,14-17,33H2,1-2H3,(H,34,42)(H2,35,36,44)/t20-,21+,22+,24+/m0/s1. The molecule has 0 spiro atoms. The lowest BCUT2D eigenvalue weighted by atomic mass is 10.0. The highest BCUT2D eigenvalue weighted by atomic mass is 32.2. The third-order valence-electron chi connectivity index (χ3n) is 8.57. The van der Waals surface area contributed by atoms with Crippen LogP contribution in [0.3, 0.4) is 0 Å². The van der Waals surface area contributed by atoms with Gasteiger partial charge < -0.3 is 31.5 Å². The van der Waals surface area contributed by atoms with Gasteiger partial charge in [0.25, 0.3) is 5.91 Å². The van der Waals surface area contributed by atoms with Crippen molar-refractivity contribution in [1.29, 1.82) is 0 Å². The number of halogens is 3.